The summed E-state index contributed by atoms with van der Waals surface area (Å²) in [5, 5.41) is 11.2. The Balaban J connectivity index is 1.30. The molecule has 3 aromatic heterocycles. The molecule has 1 saturated carbocycles. The number of piperidine rings is 1. The normalized spacial score (nSPS) is 26.7. The highest BCUT2D eigenvalue weighted by molar-refractivity contribution is 7.09. The van der Waals surface area contributed by atoms with Gasteiger partial charge in [0.25, 0.3) is 5.56 Å². The van der Waals surface area contributed by atoms with Gasteiger partial charge >= 0.3 is 0 Å². The zero-order valence-corrected chi connectivity index (χ0v) is 18.6. The highest BCUT2D eigenvalue weighted by Crippen LogP contribution is 2.54. The monoisotopic (exact) mass is 441 g/mol. The SMILES string of the molecule is Cc1csc(C2(c3n[nH]c4nc(N5CCC6(CC5)CO[C@@H](C)[C@H]6N)[nH]c(=O)c34)CC2)n1. The van der Waals surface area contributed by atoms with E-state index in [1.807, 2.05) is 13.8 Å². The second-order valence-corrected chi connectivity index (χ2v) is 10.3. The summed E-state index contributed by atoms with van der Waals surface area (Å²) in [7, 11) is 0. The Morgan fingerprint density at radius 3 is 2.65 bits per heavy atom. The van der Waals surface area contributed by atoms with Gasteiger partial charge in [0.2, 0.25) is 5.95 Å². The minimum Gasteiger partial charge on any atom is -0.376 e. The highest BCUT2D eigenvalue weighted by atomic mass is 32.1. The molecule has 3 fully saturated rings. The number of aryl methyl sites for hydroxylation is 1. The second-order valence-electron chi connectivity index (χ2n) is 9.45. The fourth-order valence-corrected chi connectivity index (χ4v) is 6.37. The largest absolute Gasteiger partial charge is 0.376 e. The Kier molecular flexibility index (Phi) is 4.13. The van der Waals surface area contributed by atoms with Crippen LogP contribution in [0.1, 0.15) is 49.0 Å². The lowest BCUT2D eigenvalue weighted by Gasteiger charge is -2.41. The van der Waals surface area contributed by atoms with Crippen LogP contribution < -0.4 is 16.2 Å². The van der Waals surface area contributed by atoms with Crippen molar-refractivity contribution in [3.05, 3.63) is 32.1 Å². The van der Waals surface area contributed by atoms with Crippen LogP contribution in [0.2, 0.25) is 0 Å². The fourth-order valence-electron chi connectivity index (χ4n) is 5.31. The molecule has 0 bridgehead atoms. The quantitative estimate of drug-likeness (QED) is 0.566. The lowest BCUT2D eigenvalue weighted by atomic mass is 9.73. The Hall–Kier alpha value is -2.30. The number of nitrogens with one attached hydrogen (secondary N) is 2. The van der Waals surface area contributed by atoms with Gasteiger partial charge in [0, 0.05) is 35.6 Å². The smallest absolute Gasteiger partial charge is 0.263 e. The van der Waals surface area contributed by atoms with Crippen molar-refractivity contribution in [2.24, 2.45) is 11.1 Å². The van der Waals surface area contributed by atoms with Crippen LogP contribution in [0.5, 0.6) is 0 Å². The number of anilines is 1. The molecule has 2 saturated heterocycles. The maximum absolute atomic E-state index is 13.1. The summed E-state index contributed by atoms with van der Waals surface area (Å²) in [6.45, 7) is 6.35. The molecule has 31 heavy (non-hydrogen) atoms. The fraction of sp³-hybridized carbons (Fsp3) is 0.619. The molecule has 5 heterocycles. The average molecular weight is 442 g/mol. The van der Waals surface area contributed by atoms with Crippen molar-refractivity contribution in [3.63, 3.8) is 0 Å². The van der Waals surface area contributed by atoms with E-state index in [1.165, 1.54) is 0 Å². The van der Waals surface area contributed by atoms with Crippen LogP contribution in [0.15, 0.2) is 10.2 Å². The molecule has 0 unspecified atom stereocenters. The molecule has 3 aliphatic rings. The zero-order valence-electron chi connectivity index (χ0n) is 17.8. The first-order valence-corrected chi connectivity index (χ1v) is 11.8. The predicted molar refractivity (Wildman–Crippen MR) is 119 cm³/mol. The van der Waals surface area contributed by atoms with Crippen molar-refractivity contribution in [1.29, 1.82) is 0 Å². The van der Waals surface area contributed by atoms with Crippen molar-refractivity contribution < 1.29 is 4.74 Å². The number of nitrogens with two attached hydrogens (primary N) is 1. The minimum absolute atomic E-state index is 0.0334. The highest BCUT2D eigenvalue weighted by Gasteiger charge is 2.52. The van der Waals surface area contributed by atoms with Gasteiger partial charge in [0.15, 0.2) is 5.65 Å². The molecule has 1 aliphatic carbocycles. The molecule has 0 amide bonds. The molecule has 0 radical (unpaired) electrons. The van der Waals surface area contributed by atoms with Crippen molar-refractivity contribution >= 4 is 28.3 Å². The summed E-state index contributed by atoms with van der Waals surface area (Å²) < 4.78 is 5.82. The summed E-state index contributed by atoms with van der Waals surface area (Å²) in [5.41, 5.74) is 8.40. The lowest BCUT2D eigenvalue weighted by Crippen LogP contribution is -2.51. The average Bonchev–Trinajstić information content (AvgIpc) is 3.11. The number of hydrogen-bond acceptors (Lipinski definition) is 8. The van der Waals surface area contributed by atoms with Crippen LogP contribution >= 0.6 is 11.3 Å². The van der Waals surface area contributed by atoms with E-state index < -0.39 is 0 Å². The maximum Gasteiger partial charge on any atom is 0.263 e. The van der Waals surface area contributed by atoms with Gasteiger partial charge < -0.3 is 15.4 Å². The molecular formula is C21H27N7O2S. The first-order chi connectivity index (χ1) is 14.9. The third-order valence-electron chi connectivity index (χ3n) is 7.55. The van der Waals surface area contributed by atoms with Crippen molar-refractivity contribution in [2.75, 3.05) is 24.6 Å². The number of rotatable bonds is 3. The Morgan fingerprint density at radius 2 is 2.03 bits per heavy atom. The summed E-state index contributed by atoms with van der Waals surface area (Å²) in [6, 6.07) is 0.0588. The van der Waals surface area contributed by atoms with E-state index in [0.717, 1.165) is 55.2 Å². The number of H-pyrrole nitrogens is 2. The van der Waals surface area contributed by atoms with Crippen LogP contribution in [0.3, 0.4) is 0 Å². The molecule has 4 N–H and O–H groups in total. The number of aromatic amines is 2. The maximum atomic E-state index is 13.1. The molecule has 3 aromatic rings. The van der Waals surface area contributed by atoms with E-state index in [2.05, 4.69) is 30.4 Å². The predicted octanol–water partition coefficient (Wildman–Crippen LogP) is 1.82. The molecule has 9 nitrogen and oxygen atoms in total. The van der Waals surface area contributed by atoms with E-state index in [0.29, 0.717) is 23.6 Å². The van der Waals surface area contributed by atoms with Crippen LogP contribution in [0.4, 0.5) is 5.95 Å². The number of fused-ring (bicyclic) bond motifs is 1. The number of thiazole rings is 1. The number of ether oxygens (including phenoxy) is 1. The second kappa shape index (κ2) is 6.60. The van der Waals surface area contributed by atoms with E-state index in [4.69, 9.17) is 15.5 Å². The molecule has 0 aromatic carbocycles. The van der Waals surface area contributed by atoms with Crippen molar-refractivity contribution in [1.82, 2.24) is 25.1 Å². The van der Waals surface area contributed by atoms with E-state index in [-0.39, 0.29) is 28.5 Å². The lowest BCUT2D eigenvalue weighted by molar-refractivity contribution is 0.0973. The van der Waals surface area contributed by atoms with E-state index in [9.17, 15) is 4.79 Å². The van der Waals surface area contributed by atoms with Crippen LogP contribution in [0.25, 0.3) is 11.0 Å². The van der Waals surface area contributed by atoms with Gasteiger partial charge in [-0.1, -0.05) is 0 Å². The van der Waals surface area contributed by atoms with Gasteiger partial charge in [0.05, 0.1) is 23.8 Å². The summed E-state index contributed by atoms with van der Waals surface area (Å²) in [4.78, 5) is 27.7. The Bertz CT molecular complexity index is 1200. The summed E-state index contributed by atoms with van der Waals surface area (Å²) in [5.74, 6) is 0.595. The van der Waals surface area contributed by atoms with Gasteiger partial charge in [-0.25, -0.2) is 4.98 Å². The van der Waals surface area contributed by atoms with Crippen molar-refractivity contribution in [3.8, 4) is 0 Å². The van der Waals surface area contributed by atoms with Gasteiger partial charge in [0.1, 0.15) is 10.4 Å². The molecule has 6 rings (SSSR count). The zero-order chi connectivity index (χ0) is 21.4. The number of nitrogens with zero attached hydrogens (tertiary/aromatic N) is 4. The first-order valence-electron chi connectivity index (χ1n) is 11.0. The third-order valence-corrected chi connectivity index (χ3v) is 8.72. The van der Waals surface area contributed by atoms with E-state index in [1.54, 1.807) is 11.3 Å². The van der Waals surface area contributed by atoms with Crippen molar-refractivity contribution in [2.45, 2.75) is 57.1 Å². The number of hydrogen-bond donors (Lipinski definition) is 3. The molecular weight excluding hydrogens is 414 g/mol. The van der Waals surface area contributed by atoms with Gasteiger partial charge in [-0.05, 0) is 39.5 Å². The van der Waals surface area contributed by atoms with Gasteiger partial charge in [-0.15, -0.1) is 11.3 Å². The standard InChI is InChI=1S/C21H27N7O2S/c1-11-9-31-18(23-11)21(3-4-21)15-13-16(27-26-15)24-19(25-17(13)29)28-7-5-20(6-8-28)10-30-12(2)14(20)22/h9,12,14H,3-8,10,22H2,1-2H3,(H2,24,25,26,27,29)/t12-,14+/m0/s1. The first kappa shape index (κ1) is 19.4. The molecule has 164 valence electrons. The molecule has 2 atom stereocenters. The van der Waals surface area contributed by atoms with Gasteiger partial charge in [-0.3, -0.25) is 14.9 Å². The Morgan fingerprint density at radius 1 is 1.26 bits per heavy atom. The molecule has 1 spiro atoms. The Labute approximate surface area is 183 Å². The third kappa shape index (κ3) is 2.81. The van der Waals surface area contributed by atoms with Crippen LogP contribution in [-0.2, 0) is 10.2 Å². The van der Waals surface area contributed by atoms with Gasteiger partial charge in [-0.2, -0.15) is 10.1 Å². The molecule has 10 heteroatoms. The number of aromatic nitrogens is 5. The van der Waals surface area contributed by atoms with Crippen LogP contribution in [-0.4, -0.2) is 57.0 Å². The summed E-state index contributed by atoms with van der Waals surface area (Å²) >= 11 is 1.64. The minimum atomic E-state index is -0.250. The summed E-state index contributed by atoms with van der Waals surface area (Å²) in [6.07, 6.45) is 3.87. The van der Waals surface area contributed by atoms with Crippen LogP contribution in [0, 0.1) is 12.3 Å². The van der Waals surface area contributed by atoms with E-state index >= 15 is 0 Å². The molecule has 2 aliphatic heterocycles. The topological polar surface area (TPSA) is 126 Å².